The predicted octanol–water partition coefficient (Wildman–Crippen LogP) is 9.01. The predicted molar refractivity (Wildman–Crippen MR) is 168 cm³/mol. The number of unbranched alkanes of at least 4 members (excludes halogenated alkanes) is 2. The first-order valence-electron chi connectivity index (χ1n) is 13.8. The van der Waals surface area contributed by atoms with Crippen molar-refractivity contribution in [3.63, 3.8) is 0 Å². The van der Waals surface area contributed by atoms with Crippen LogP contribution in [0.3, 0.4) is 0 Å². The lowest BCUT2D eigenvalue weighted by atomic mass is 10.1. The Morgan fingerprint density at radius 2 is 1.38 bits per heavy atom. The average Bonchev–Trinajstić information content (AvgIpc) is 2.85. The van der Waals surface area contributed by atoms with Crippen molar-refractivity contribution in [3.05, 3.63) is 50.9 Å². The molecule has 3 nitrogen and oxygen atoms in total. The Morgan fingerprint density at radius 1 is 0.811 bits per heavy atom. The van der Waals surface area contributed by atoms with Crippen molar-refractivity contribution in [3.8, 4) is 34.8 Å². The largest absolute Gasteiger partial charge is 0.490 e. The Labute approximate surface area is 240 Å². The molecule has 0 aliphatic carbocycles. The first-order chi connectivity index (χ1) is 17.7. The van der Waals surface area contributed by atoms with Crippen molar-refractivity contribution in [2.75, 3.05) is 13.2 Å². The van der Waals surface area contributed by atoms with Gasteiger partial charge in [-0.1, -0.05) is 80.1 Å². The highest BCUT2D eigenvalue weighted by molar-refractivity contribution is 14.1. The van der Waals surface area contributed by atoms with Gasteiger partial charge in [0.25, 0.3) is 0 Å². The van der Waals surface area contributed by atoms with Crippen LogP contribution >= 0.6 is 22.6 Å². The van der Waals surface area contributed by atoms with Crippen LogP contribution in [0.1, 0.15) is 97.9 Å². The molecule has 5 heteroatoms. The van der Waals surface area contributed by atoms with Gasteiger partial charge in [-0.2, -0.15) is 0 Å². The molecule has 0 saturated carbocycles. The molecule has 0 aliphatic heterocycles. The fourth-order valence-electron chi connectivity index (χ4n) is 4.85. The molecule has 0 saturated heterocycles. The Hall–Kier alpha value is -1.96. The van der Waals surface area contributed by atoms with E-state index >= 15 is 0 Å². The second-order valence-electron chi connectivity index (χ2n) is 10.5. The standard InChI is InChI=1S/C32H44INO2Si/c1-9-11-19-35-31-22-28(29(33)23-32(31)36-20-12-10-2)15-16-30-27(14-13-18-34-30)17-21-37(24(3)4,25(5)6)26(7)8/h13-14,18,22-26H,9-12,19-20H2,1-8H3. The fraction of sp³-hybridized carbons (Fsp3) is 0.531. The normalized spacial score (nSPS) is 11.2. The number of benzene rings is 1. The number of hydrogen-bond donors (Lipinski definition) is 0. The van der Waals surface area contributed by atoms with Crippen LogP contribution in [-0.4, -0.2) is 26.3 Å². The van der Waals surface area contributed by atoms with Crippen molar-refractivity contribution >= 4 is 30.7 Å². The minimum Gasteiger partial charge on any atom is -0.490 e. The monoisotopic (exact) mass is 629 g/mol. The minimum absolute atomic E-state index is 0.581. The summed E-state index contributed by atoms with van der Waals surface area (Å²) in [6.45, 7) is 19.7. The third-order valence-corrected chi connectivity index (χ3v) is 14.1. The van der Waals surface area contributed by atoms with Crippen molar-refractivity contribution < 1.29 is 9.47 Å². The lowest BCUT2D eigenvalue weighted by molar-refractivity contribution is 0.261. The molecule has 0 atom stereocenters. The quantitative estimate of drug-likeness (QED) is 0.108. The summed E-state index contributed by atoms with van der Waals surface area (Å²) in [5, 5.41) is 0. The number of rotatable bonds is 11. The summed E-state index contributed by atoms with van der Waals surface area (Å²) in [6, 6.07) is 8.03. The zero-order chi connectivity index (χ0) is 27.4. The topological polar surface area (TPSA) is 31.4 Å². The second-order valence-corrected chi connectivity index (χ2v) is 17.2. The lowest BCUT2D eigenvalue weighted by Crippen LogP contribution is -2.43. The number of aromatic nitrogens is 1. The molecule has 37 heavy (non-hydrogen) atoms. The Bertz CT molecular complexity index is 1110. The fourth-order valence-corrected chi connectivity index (χ4v) is 10.6. The molecule has 0 fully saturated rings. The van der Waals surface area contributed by atoms with Gasteiger partial charge in [-0.15, -0.1) is 5.54 Å². The third-order valence-electron chi connectivity index (χ3n) is 6.95. The molecule has 0 radical (unpaired) electrons. The molecular weight excluding hydrogens is 585 g/mol. The molecule has 0 amide bonds. The van der Waals surface area contributed by atoms with Crippen LogP contribution in [0, 0.1) is 26.9 Å². The second kappa shape index (κ2) is 15.4. The zero-order valence-corrected chi connectivity index (χ0v) is 27.2. The first kappa shape index (κ1) is 31.3. The van der Waals surface area contributed by atoms with Gasteiger partial charge in [0.1, 0.15) is 13.8 Å². The molecule has 0 N–H and O–H groups in total. The summed E-state index contributed by atoms with van der Waals surface area (Å²) >= 11 is 2.33. The van der Waals surface area contributed by atoms with E-state index in [9.17, 15) is 0 Å². The Balaban J connectivity index is 2.47. The molecule has 0 unspecified atom stereocenters. The number of halogens is 1. The van der Waals surface area contributed by atoms with Crippen LogP contribution in [-0.2, 0) is 0 Å². The van der Waals surface area contributed by atoms with E-state index in [1.54, 1.807) is 6.20 Å². The van der Waals surface area contributed by atoms with Crippen LogP contribution in [0.25, 0.3) is 0 Å². The molecule has 2 rings (SSSR count). The van der Waals surface area contributed by atoms with Gasteiger partial charge in [-0.3, -0.25) is 0 Å². The molecule has 1 heterocycles. The van der Waals surface area contributed by atoms with Crippen LogP contribution in [0.2, 0.25) is 16.6 Å². The number of pyridine rings is 1. The van der Waals surface area contributed by atoms with Gasteiger partial charge in [0.15, 0.2) is 11.5 Å². The van der Waals surface area contributed by atoms with Crippen molar-refractivity contribution in [2.45, 2.75) is 97.7 Å². The molecule has 1 aromatic heterocycles. The first-order valence-corrected chi connectivity index (χ1v) is 17.1. The minimum atomic E-state index is -1.84. The summed E-state index contributed by atoms with van der Waals surface area (Å²) < 4.78 is 13.2. The Morgan fingerprint density at radius 3 is 1.92 bits per heavy atom. The number of ether oxygens (including phenoxy) is 2. The third kappa shape index (κ3) is 8.52. The Kier molecular flexibility index (Phi) is 13.1. The number of hydrogen-bond acceptors (Lipinski definition) is 3. The highest BCUT2D eigenvalue weighted by atomic mass is 127. The maximum absolute atomic E-state index is 6.09. The molecule has 0 spiro atoms. The van der Waals surface area contributed by atoms with Gasteiger partial charge in [0.05, 0.1) is 18.8 Å². The summed E-state index contributed by atoms with van der Waals surface area (Å²) in [7, 11) is -1.84. The number of nitrogens with zero attached hydrogens (tertiary/aromatic N) is 1. The summed E-state index contributed by atoms with van der Waals surface area (Å²) in [5.41, 5.74) is 8.09. The van der Waals surface area contributed by atoms with Crippen molar-refractivity contribution in [1.82, 2.24) is 4.98 Å². The summed E-state index contributed by atoms with van der Waals surface area (Å²) in [5.74, 6) is 11.7. The van der Waals surface area contributed by atoms with E-state index in [1.807, 2.05) is 24.3 Å². The maximum Gasteiger partial charge on any atom is 0.162 e. The van der Waals surface area contributed by atoms with Crippen molar-refractivity contribution in [2.24, 2.45) is 0 Å². The molecule has 2 aromatic rings. The van der Waals surface area contributed by atoms with Crippen LogP contribution in [0.15, 0.2) is 30.5 Å². The van der Waals surface area contributed by atoms with Crippen LogP contribution in [0.4, 0.5) is 0 Å². The highest BCUT2D eigenvalue weighted by Crippen LogP contribution is 2.40. The summed E-state index contributed by atoms with van der Waals surface area (Å²) in [4.78, 5) is 4.59. The van der Waals surface area contributed by atoms with Gasteiger partial charge >= 0.3 is 0 Å². The van der Waals surface area contributed by atoms with E-state index in [0.29, 0.717) is 29.8 Å². The van der Waals surface area contributed by atoms with Crippen LogP contribution in [0.5, 0.6) is 11.5 Å². The van der Waals surface area contributed by atoms with E-state index in [-0.39, 0.29) is 0 Å². The maximum atomic E-state index is 6.09. The SMILES string of the molecule is CCCCOc1cc(I)c(C#Cc2ncccc2C#C[Si](C(C)C)(C(C)C)C(C)C)cc1OCCCC. The van der Waals surface area contributed by atoms with E-state index in [2.05, 4.69) is 106 Å². The zero-order valence-electron chi connectivity index (χ0n) is 24.0. The molecule has 0 bridgehead atoms. The average molecular weight is 630 g/mol. The molecular formula is C32H44INO2Si. The van der Waals surface area contributed by atoms with Crippen LogP contribution < -0.4 is 9.47 Å². The van der Waals surface area contributed by atoms with Gasteiger partial charge < -0.3 is 9.47 Å². The van der Waals surface area contributed by atoms with E-state index in [4.69, 9.17) is 9.47 Å². The van der Waals surface area contributed by atoms with Gasteiger partial charge in [0, 0.05) is 21.4 Å². The smallest absolute Gasteiger partial charge is 0.162 e. The highest BCUT2D eigenvalue weighted by Gasteiger charge is 2.41. The van der Waals surface area contributed by atoms with E-state index < -0.39 is 8.07 Å². The summed E-state index contributed by atoms with van der Waals surface area (Å²) in [6.07, 6.45) is 6.00. The molecule has 1 aromatic carbocycles. The molecule has 200 valence electrons. The van der Waals surface area contributed by atoms with E-state index in [0.717, 1.165) is 57.6 Å². The van der Waals surface area contributed by atoms with Gasteiger partial charge in [-0.05, 0) is 76.2 Å². The van der Waals surface area contributed by atoms with Gasteiger partial charge in [0.2, 0.25) is 0 Å². The molecule has 0 aliphatic rings. The van der Waals surface area contributed by atoms with Crippen molar-refractivity contribution in [1.29, 1.82) is 0 Å². The lowest BCUT2D eigenvalue weighted by Gasteiger charge is -2.38. The van der Waals surface area contributed by atoms with Gasteiger partial charge in [-0.25, -0.2) is 4.98 Å². The van der Waals surface area contributed by atoms with E-state index in [1.165, 1.54) is 0 Å².